The van der Waals surface area contributed by atoms with Gasteiger partial charge in [0.15, 0.2) is 0 Å². The van der Waals surface area contributed by atoms with Gasteiger partial charge in [-0.15, -0.1) is 0 Å². The first kappa shape index (κ1) is 64.9. The van der Waals surface area contributed by atoms with E-state index in [1.54, 1.807) is 0 Å². The minimum atomic E-state index is -0.661. The Labute approximate surface area is 413 Å². The Morgan fingerprint density at radius 3 is 0.924 bits per heavy atom. The Morgan fingerprint density at radius 1 is 0.364 bits per heavy atom. The zero-order chi connectivity index (χ0) is 47.9. The molecule has 2 unspecified atom stereocenters. The van der Waals surface area contributed by atoms with E-state index in [1.807, 2.05) is 0 Å². The molecule has 1 amide bonds. The summed E-state index contributed by atoms with van der Waals surface area (Å²) >= 11 is 0. The van der Waals surface area contributed by atoms with Crippen molar-refractivity contribution in [2.45, 2.75) is 360 Å². The van der Waals surface area contributed by atoms with Crippen LogP contribution in [0, 0.1) is 0 Å². The quantitative estimate of drug-likeness (QED) is 0.0417. The van der Waals surface area contributed by atoms with Gasteiger partial charge in [-0.2, -0.15) is 0 Å². The highest BCUT2D eigenvalue weighted by Crippen LogP contribution is 2.18. The number of nitrogens with one attached hydrogen (secondary N) is 1. The van der Waals surface area contributed by atoms with Gasteiger partial charge in [0, 0.05) is 12.8 Å². The maximum Gasteiger partial charge on any atom is 0.305 e. The van der Waals surface area contributed by atoms with Crippen molar-refractivity contribution in [3.05, 3.63) is 0 Å². The lowest BCUT2D eigenvalue weighted by Gasteiger charge is -2.22. The van der Waals surface area contributed by atoms with Crippen LogP contribution in [-0.2, 0) is 14.3 Å². The van der Waals surface area contributed by atoms with Crippen LogP contribution in [0.5, 0.6) is 0 Å². The third kappa shape index (κ3) is 52.2. The number of rotatable bonds is 57. The van der Waals surface area contributed by atoms with Gasteiger partial charge in [-0.1, -0.05) is 309 Å². The Morgan fingerprint density at radius 2 is 0.621 bits per heavy atom. The molecule has 0 aromatic carbocycles. The number of carbonyl (C=O) groups excluding carboxylic acids is 2. The maximum atomic E-state index is 12.4. The van der Waals surface area contributed by atoms with Crippen molar-refractivity contribution in [1.82, 2.24) is 5.32 Å². The van der Waals surface area contributed by atoms with Crippen molar-refractivity contribution in [1.29, 1.82) is 0 Å². The molecule has 0 saturated carbocycles. The molecule has 0 bridgehead atoms. The largest absolute Gasteiger partial charge is 0.466 e. The monoisotopic (exact) mass is 934 g/mol. The lowest BCUT2D eigenvalue weighted by atomic mass is 10.0. The Kier molecular flexibility index (Phi) is 55.5. The number of unbranched alkanes of at least 4 members (excludes halogenated alkanes) is 46. The minimum Gasteiger partial charge on any atom is -0.466 e. The van der Waals surface area contributed by atoms with Crippen molar-refractivity contribution in [2.75, 3.05) is 13.2 Å². The first-order chi connectivity index (χ1) is 32.5. The van der Waals surface area contributed by atoms with Gasteiger partial charge >= 0.3 is 5.97 Å². The fourth-order valence-electron chi connectivity index (χ4n) is 9.76. The Balaban J connectivity index is 3.33. The van der Waals surface area contributed by atoms with Gasteiger partial charge in [-0.05, 0) is 25.7 Å². The van der Waals surface area contributed by atoms with Crippen molar-refractivity contribution < 1.29 is 24.5 Å². The predicted molar refractivity (Wildman–Crippen MR) is 287 cm³/mol. The fourth-order valence-corrected chi connectivity index (χ4v) is 9.76. The normalized spacial score (nSPS) is 12.5. The molecule has 0 fully saturated rings. The molecule has 0 heterocycles. The number of aliphatic hydroxyl groups is 2. The highest BCUT2D eigenvalue weighted by atomic mass is 16.5. The van der Waals surface area contributed by atoms with Gasteiger partial charge in [0.1, 0.15) is 0 Å². The molecule has 0 aliphatic rings. The van der Waals surface area contributed by atoms with Crippen molar-refractivity contribution in [3.8, 4) is 0 Å². The van der Waals surface area contributed by atoms with Crippen LogP contribution in [0.25, 0.3) is 0 Å². The van der Waals surface area contributed by atoms with Gasteiger partial charge in [0.05, 0.1) is 25.4 Å². The highest BCUT2D eigenvalue weighted by Gasteiger charge is 2.20. The lowest BCUT2D eigenvalue weighted by Crippen LogP contribution is -2.45. The van der Waals surface area contributed by atoms with E-state index in [2.05, 4.69) is 19.2 Å². The molecular formula is C60H119NO5. The predicted octanol–water partition coefficient (Wildman–Crippen LogP) is 18.7. The van der Waals surface area contributed by atoms with Crippen LogP contribution < -0.4 is 5.32 Å². The lowest BCUT2D eigenvalue weighted by molar-refractivity contribution is -0.143. The minimum absolute atomic E-state index is 0.0181. The highest BCUT2D eigenvalue weighted by molar-refractivity contribution is 5.76. The third-order valence-electron chi connectivity index (χ3n) is 14.4. The second kappa shape index (κ2) is 56.4. The van der Waals surface area contributed by atoms with Crippen molar-refractivity contribution in [2.24, 2.45) is 0 Å². The molecule has 3 N–H and O–H groups in total. The smallest absolute Gasteiger partial charge is 0.305 e. The van der Waals surface area contributed by atoms with Crippen LogP contribution in [-0.4, -0.2) is 47.4 Å². The van der Waals surface area contributed by atoms with E-state index in [4.69, 9.17) is 4.74 Å². The van der Waals surface area contributed by atoms with Gasteiger partial charge < -0.3 is 20.3 Å². The number of hydrogen-bond acceptors (Lipinski definition) is 5. The Bertz CT molecular complexity index is 944. The summed E-state index contributed by atoms with van der Waals surface area (Å²) in [5.41, 5.74) is 0. The number of hydrogen-bond donors (Lipinski definition) is 3. The van der Waals surface area contributed by atoms with Crippen LogP contribution in [0.3, 0.4) is 0 Å². The summed E-state index contributed by atoms with van der Waals surface area (Å²) in [6, 6.07) is -0.538. The zero-order valence-electron chi connectivity index (χ0n) is 45.0. The third-order valence-corrected chi connectivity index (χ3v) is 14.4. The molecule has 0 spiro atoms. The second-order valence-corrected chi connectivity index (χ2v) is 21.1. The summed E-state index contributed by atoms with van der Waals surface area (Å²) < 4.78 is 5.49. The second-order valence-electron chi connectivity index (χ2n) is 21.1. The van der Waals surface area contributed by atoms with Crippen LogP contribution in [0.1, 0.15) is 348 Å². The SMILES string of the molecule is CCCCCCCCCCCCCCCCCC(=O)OCCCCCCCCCCCCCCCCCCCCCCCCCC(=O)NC(CO)C(O)CCCCCCCCCCCCC. The Hall–Kier alpha value is -1.14. The van der Waals surface area contributed by atoms with Crippen molar-refractivity contribution >= 4 is 11.9 Å². The van der Waals surface area contributed by atoms with E-state index in [9.17, 15) is 19.8 Å². The standard InChI is InChI=1S/C60H119NO5/c1-3-5-7-9-11-13-15-16-26-30-34-38-42-46-50-54-60(65)66-55-51-47-43-39-35-31-28-25-23-21-19-17-18-20-22-24-27-29-33-37-41-45-49-53-59(64)61-57(56-62)58(63)52-48-44-40-36-32-14-12-10-8-6-4-2/h57-58,62-63H,3-56H2,1-2H3,(H,61,64). The van der Waals surface area contributed by atoms with Gasteiger partial charge in [-0.3, -0.25) is 9.59 Å². The molecule has 0 aromatic rings. The molecule has 394 valence electrons. The summed E-state index contributed by atoms with van der Waals surface area (Å²) in [5.74, 6) is -0.0154. The van der Waals surface area contributed by atoms with Crippen molar-refractivity contribution in [3.63, 3.8) is 0 Å². The van der Waals surface area contributed by atoms with Gasteiger partial charge in [-0.25, -0.2) is 0 Å². The maximum absolute atomic E-state index is 12.4. The van der Waals surface area contributed by atoms with E-state index in [0.29, 0.717) is 25.9 Å². The summed E-state index contributed by atoms with van der Waals surface area (Å²) in [6.45, 7) is 4.97. The van der Waals surface area contributed by atoms with E-state index in [-0.39, 0.29) is 18.5 Å². The molecule has 0 aliphatic carbocycles. The molecular weight excluding hydrogens is 815 g/mol. The molecule has 0 aromatic heterocycles. The average Bonchev–Trinajstić information content (AvgIpc) is 3.32. The number of carbonyl (C=O) groups is 2. The number of aliphatic hydroxyl groups excluding tert-OH is 2. The summed E-state index contributed by atoms with van der Waals surface area (Å²) in [4.78, 5) is 24.5. The number of ether oxygens (including phenoxy) is 1. The van der Waals surface area contributed by atoms with E-state index >= 15 is 0 Å². The van der Waals surface area contributed by atoms with E-state index in [1.165, 1.54) is 276 Å². The molecule has 0 aliphatic heterocycles. The van der Waals surface area contributed by atoms with Gasteiger partial charge in [0.25, 0.3) is 0 Å². The molecule has 2 atom stereocenters. The molecule has 6 nitrogen and oxygen atoms in total. The fraction of sp³-hybridized carbons (Fsp3) is 0.967. The van der Waals surface area contributed by atoms with E-state index in [0.717, 1.165) is 38.5 Å². The summed E-state index contributed by atoms with van der Waals surface area (Å²) in [7, 11) is 0. The van der Waals surface area contributed by atoms with E-state index < -0.39 is 12.1 Å². The molecule has 0 saturated heterocycles. The molecule has 66 heavy (non-hydrogen) atoms. The van der Waals surface area contributed by atoms with Crippen LogP contribution in [0.2, 0.25) is 0 Å². The summed E-state index contributed by atoms with van der Waals surface area (Å²) in [5, 5.41) is 23.2. The van der Waals surface area contributed by atoms with Crippen LogP contribution in [0.4, 0.5) is 0 Å². The first-order valence-corrected chi connectivity index (χ1v) is 30.3. The van der Waals surface area contributed by atoms with Crippen LogP contribution >= 0.6 is 0 Å². The molecule has 0 radical (unpaired) electrons. The molecule has 0 rings (SSSR count). The summed E-state index contributed by atoms with van der Waals surface area (Å²) in [6.07, 6.45) is 65.4. The van der Waals surface area contributed by atoms with Gasteiger partial charge in [0.2, 0.25) is 5.91 Å². The first-order valence-electron chi connectivity index (χ1n) is 30.3. The average molecular weight is 935 g/mol. The topological polar surface area (TPSA) is 95.9 Å². The van der Waals surface area contributed by atoms with Crippen LogP contribution in [0.15, 0.2) is 0 Å². The number of esters is 1. The number of amides is 1. The zero-order valence-corrected chi connectivity index (χ0v) is 45.0. The molecule has 6 heteroatoms.